The van der Waals surface area contributed by atoms with Crippen LogP contribution >= 0.6 is 0 Å². The van der Waals surface area contributed by atoms with Crippen molar-refractivity contribution in [3.63, 3.8) is 0 Å². The Balaban J connectivity index is 1.89. The number of aryl methyl sites for hydroxylation is 3. The Hall–Kier alpha value is -2.51. The first kappa shape index (κ1) is 21.2. The van der Waals surface area contributed by atoms with Gasteiger partial charge in [0.15, 0.2) is 11.6 Å². The maximum absolute atomic E-state index is 13.1. The summed E-state index contributed by atoms with van der Waals surface area (Å²) in [6.45, 7) is 8.93. The molecule has 0 aromatic carbocycles. The number of nitriles is 1. The fourth-order valence-corrected chi connectivity index (χ4v) is 5.58. The quantitative estimate of drug-likeness (QED) is 0.724. The van der Waals surface area contributed by atoms with Gasteiger partial charge < -0.3 is 9.42 Å². The van der Waals surface area contributed by atoms with Crippen LogP contribution in [0.1, 0.15) is 48.5 Å². The van der Waals surface area contributed by atoms with Gasteiger partial charge in [-0.05, 0) is 38.7 Å². The fraction of sp³-hybridized carbons (Fsp3) is 0.579. The zero-order valence-corrected chi connectivity index (χ0v) is 18.1. The summed E-state index contributed by atoms with van der Waals surface area (Å²) in [5.41, 5.74) is 2.67. The van der Waals surface area contributed by atoms with Crippen LogP contribution < -0.4 is 4.90 Å². The minimum Gasteiger partial charge on any atom is -0.360 e. The van der Waals surface area contributed by atoms with Crippen LogP contribution in [0.2, 0.25) is 0 Å². The molecule has 2 aromatic rings. The molecule has 29 heavy (non-hydrogen) atoms. The molecule has 1 fully saturated rings. The van der Waals surface area contributed by atoms with Gasteiger partial charge in [0.25, 0.3) is 0 Å². The molecule has 156 valence electrons. The van der Waals surface area contributed by atoms with Crippen molar-refractivity contribution < 1.29 is 12.9 Å². The number of anilines is 1. The standard InChI is InChI=1S/C19H26N6O3S/c1-5-15-16(12-20)19(22-21-17(15)6-2)24-8-7-9-25(11-10-24)29(26,27)18-13(3)23-28-14(18)4/h5-11H2,1-4H3. The summed E-state index contributed by atoms with van der Waals surface area (Å²) in [5, 5.41) is 22.2. The molecule has 0 atom stereocenters. The highest BCUT2D eigenvalue weighted by molar-refractivity contribution is 7.89. The molecule has 2 aromatic heterocycles. The molecule has 0 unspecified atom stereocenters. The van der Waals surface area contributed by atoms with Crippen LogP contribution in [0.15, 0.2) is 9.42 Å². The third-order valence-corrected chi connectivity index (χ3v) is 7.40. The lowest BCUT2D eigenvalue weighted by Crippen LogP contribution is -2.36. The molecular weight excluding hydrogens is 392 g/mol. The maximum atomic E-state index is 13.1. The lowest BCUT2D eigenvalue weighted by atomic mass is 10.0. The highest BCUT2D eigenvalue weighted by Crippen LogP contribution is 2.27. The summed E-state index contributed by atoms with van der Waals surface area (Å²) in [5.74, 6) is 0.835. The molecule has 3 heterocycles. The van der Waals surface area contributed by atoms with E-state index in [-0.39, 0.29) is 11.4 Å². The predicted octanol–water partition coefficient (Wildman–Crippen LogP) is 1.98. The molecule has 10 heteroatoms. The third kappa shape index (κ3) is 3.84. The molecule has 0 bridgehead atoms. The largest absolute Gasteiger partial charge is 0.360 e. The van der Waals surface area contributed by atoms with E-state index in [4.69, 9.17) is 4.52 Å². The van der Waals surface area contributed by atoms with Crippen molar-refractivity contribution in [2.24, 2.45) is 0 Å². The molecular formula is C19H26N6O3S. The number of hydrogen-bond acceptors (Lipinski definition) is 8. The second-order valence-electron chi connectivity index (χ2n) is 7.04. The van der Waals surface area contributed by atoms with Gasteiger partial charge in [-0.15, -0.1) is 5.10 Å². The summed E-state index contributed by atoms with van der Waals surface area (Å²) >= 11 is 0. The van der Waals surface area contributed by atoms with Crippen molar-refractivity contribution in [1.82, 2.24) is 19.7 Å². The minimum atomic E-state index is -3.70. The molecule has 1 aliphatic heterocycles. The molecule has 0 saturated carbocycles. The molecule has 1 saturated heterocycles. The molecule has 3 rings (SSSR count). The van der Waals surface area contributed by atoms with E-state index in [0.29, 0.717) is 61.7 Å². The monoisotopic (exact) mass is 418 g/mol. The Labute approximate surface area is 171 Å². The molecule has 0 N–H and O–H groups in total. The van der Waals surface area contributed by atoms with Gasteiger partial charge >= 0.3 is 0 Å². The normalized spacial score (nSPS) is 15.9. The van der Waals surface area contributed by atoms with Gasteiger partial charge in [-0.1, -0.05) is 19.0 Å². The molecule has 1 aliphatic rings. The van der Waals surface area contributed by atoms with Crippen LogP contribution in [0, 0.1) is 25.2 Å². The zero-order chi connectivity index (χ0) is 21.2. The van der Waals surface area contributed by atoms with Gasteiger partial charge in [0.05, 0.1) is 5.69 Å². The summed E-state index contributed by atoms with van der Waals surface area (Å²) in [6.07, 6.45) is 2.04. The van der Waals surface area contributed by atoms with Crippen molar-refractivity contribution in [2.45, 2.75) is 51.9 Å². The number of nitrogens with zero attached hydrogens (tertiary/aromatic N) is 6. The van der Waals surface area contributed by atoms with Crippen LogP contribution in [0.5, 0.6) is 0 Å². The summed E-state index contributed by atoms with van der Waals surface area (Å²) in [4.78, 5) is 2.11. The van der Waals surface area contributed by atoms with E-state index in [0.717, 1.165) is 11.3 Å². The van der Waals surface area contributed by atoms with Crippen LogP contribution in [0.25, 0.3) is 0 Å². The Morgan fingerprint density at radius 1 is 1.10 bits per heavy atom. The van der Waals surface area contributed by atoms with E-state index < -0.39 is 10.0 Å². The smallest absolute Gasteiger partial charge is 0.248 e. The van der Waals surface area contributed by atoms with E-state index in [1.165, 1.54) is 4.31 Å². The third-order valence-electron chi connectivity index (χ3n) is 5.26. The first-order valence-corrected chi connectivity index (χ1v) is 11.3. The molecule has 0 spiro atoms. The van der Waals surface area contributed by atoms with E-state index >= 15 is 0 Å². The Kier molecular flexibility index (Phi) is 6.19. The number of sulfonamides is 1. The molecule has 0 amide bonds. The van der Waals surface area contributed by atoms with Crippen molar-refractivity contribution in [3.8, 4) is 6.07 Å². The van der Waals surface area contributed by atoms with Crippen LogP contribution in [-0.4, -0.2) is 54.3 Å². The average molecular weight is 419 g/mol. The Morgan fingerprint density at radius 3 is 2.45 bits per heavy atom. The van der Waals surface area contributed by atoms with Crippen molar-refractivity contribution in [1.29, 1.82) is 5.26 Å². The van der Waals surface area contributed by atoms with Crippen molar-refractivity contribution in [3.05, 3.63) is 28.3 Å². The Morgan fingerprint density at radius 2 is 1.86 bits per heavy atom. The van der Waals surface area contributed by atoms with E-state index in [2.05, 4.69) is 21.4 Å². The summed E-state index contributed by atoms with van der Waals surface area (Å²) in [6, 6.07) is 2.29. The zero-order valence-electron chi connectivity index (χ0n) is 17.3. The van der Waals surface area contributed by atoms with Crippen LogP contribution in [-0.2, 0) is 22.9 Å². The topological polar surface area (TPSA) is 116 Å². The van der Waals surface area contributed by atoms with Crippen LogP contribution in [0.3, 0.4) is 0 Å². The fourth-order valence-electron chi connectivity index (χ4n) is 3.82. The number of hydrogen-bond donors (Lipinski definition) is 0. The summed E-state index contributed by atoms with van der Waals surface area (Å²) in [7, 11) is -3.70. The number of rotatable bonds is 5. The van der Waals surface area contributed by atoms with Gasteiger partial charge in [0.1, 0.15) is 22.2 Å². The predicted molar refractivity (Wildman–Crippen MR) is 107 cm³/mol. The molecule has 0 aliphatic carbocycles. The first-order chi connectivity index (χ1) is 13.8. The minimum absolute atomic E-state index is 0.143. The maximum Gasteiger partial charge on any atom is 0.248 e. The highest BCUT2D eigenvalue weighted by atomic mass is 32.2. The average Bonchev–Trinajstić information content (AvgIpc) is 2.91. The lowest BCUT2D eigenvalue weighted by molar-refractivity contribution is 0.389. The van der Waals surface area contributed by atoms with Gasteiger partial charge in [0.2, 0.25) is 10.0 Å². The lowest BCUT2D eigenvalue weighted by Gasteiger charge is -2.24. The Bertz CT molecular complexity index is 1020. The first-order valence-electron chi connectivity index (χ1n) is 9.81. The van der Waals surface area contributed by atoms with Gasteiger partial charge in [-0.25, -0.2) is 8.42 Å². The van der Waals surface area contributed by atoms with E-state index in [9.17, 15) is 13.7 Å². The van der Waals surface area contributed by atoms with E-state index in [1.54, 1.807) is 13.8 Å². The van der Waals surface area contributed by atoms with Gasteiger partial charge in [0, 0.05) is 26.2 Å². The molecule has 9 nitrogen and oxygen atoms in total. The second kappa shape index (κ2) is 8.47. The number of aromatic nitrogens is 3. The van der Waals surface area contributed by atoms with E-state index in [1.807, 2.05) is 18.7 Å². The van der Waals surface area contributed by atoms with Crippen molar-refractivity contribution >= 4 is 15.8 Å². The summed E-state index contributed by atoms with van der Waals surface area (Å²) < 4.78 is 32.7. The van der Waals surface area contributed by atoms with Crippen molar-refractivity contribution in [2.75, 3.05) is 31.1 Å². The SMILES string of the molecule is CCc1nnc(N2CCCN(S(=O)(=O)c3c(C)noc3C)CC2)c(C#N)c1CC. The molecule has 0 radical (unpaired) electrons. The highest BCUT2D eigenvalue weighted by Gasteiger charge is 2.33. The van der Waals surface area contributed by atoms with Gasteiger partial charge in [-0.2, -0.15) is 14.7 Å². The van der Waals surface area contributed by atoms with Gasteiger partial charge in [-0.3, -0.25) is 0 Å². The van der Waals surface area contributed by atoms with Crippen LogP contribution in [0.4, 0.5) is 5.82 Å². The second-order valence-corrected chi connectivity index (χ2v) is 8.92.